The number of hydrazone groups is 1. The highest BCUT2D eigenvalue weighted by Crippen LogP contribution is 2.34. The highest BCUT2D eigenvalue weighted by molar-refractivity contribution is 6.30. The molecule has 4 aromatic carbocycles. The highest BCUT2D eigenvalue weighted by Gasteiger charge is 2.20. The zero-order valence-electron chi connectivity index (χ0n) is 22.3. The van der Waals surface area contributed by atoms with E-state index in [2.05, 4.69) is 15.5 Å². The van der Waals surface area contributed by atoms with Gasteiger partial charge in [0, 0.05) is 21.5 Å². The fraction of sp³-hybridized carbons (Fsp3) is 0.0938. The maximum absolute atomic E-state index is 13.3. The minimum absolute atomic E-state index is 0.258. The van der Waals surface area contributed by atoms with Crippen molar-refractivity contribution < 1.29 is 23.8 Å². The van der Waals surface area contributed by atoms with Crippen LogP contribution in [0.5, 0.6) is 17.2 Å². The van der Waals surface area contributed by atoms with E-state index in [1.54, 1.807) is 49.6 Å². The summed E-state index contributed by atoms with van der Waals surface area (Å²) in [6.45, 7) is 2.18. The van der Waals surface area contributed by atoms with Crippen LogP contribution < -0.4 is 19.6 Å². The molecule has 0 aliphatic heterocycles. The number of H-pyrrole nitrogens is 1. The van der Waals surface area contributed by atoms with Gasteiger partial charge in [0.15, 0.2) is 11.5 Å². The van der Waals surface area contributed by atoms with Gasteiger partial charge in [0.05, 0.1) is 25.5 Å². The Morgan fingerprint density at radius 2 is 1.73 bits per heavy atom. The van der Waals surface area contributed by atoms with Crippen LogP contribution in [0.25, 0.3) is 22.0 Å². The minimum atomic E-state index is -0.540. The molecule has 8 nitrogen and oxygen atoms in total. The van der Waals surface area contributed by atoms with E-state index in [1.165, 1.54) is 6.21 Å². The Morgan fingerprint density at radius 1 is 0.951 bits per heavy atom. The second-order valence-corrected chi connectivity index (χ2v) is 9.32. The Hall–Kier alpha value is -5.08. The third-order valence-corrected chi connectivity index (χ3v) is 6.48. The predicted octanol–water partition coefficient (Wildman–Crippen LogP) is 6.88. The van der Waals surface area contributed by atoms with Crippen LogP contribution in [0.4, 0.5) is 0 Å². The molecular weight excluding hydrogens is 542 g/mol. The van der Waals surface area contributed by atoms with Crippen LogP contribution in [-0.2, 0) is 0 Å². The van der Waals surface area contributed by atoms with E-state index in [1.807, 2.05) is 55.5 Å². The van der Waals surface area contributed by atoms with Crippen LogP contribution in [0, 0.1) is 0 Å². The largest absolute Gasteiger partial charge is 0.497 e. The number of ether oxygens (including phenoxy) is 3. The lowest BCUT2D eigenvalue weighted by molar-refractivity contribution is 0.0728. The average Bonchev–Trinajstić information content (AvgIpc) is 3.38. The molecule has 0 aliphatic rings. The SMILES string of the molecule is CCOc1cc(C=NNC(=O)c2[nH]c3ccc(OC)cc3c2-c2ccccc2)ccc1OC(=O)c1ccc(Cl)cc1. The number of carbonyl (C=O) groups is 2. The number of nitrogens with one attached hydrogen (secondary N) is 2. The Kier molecular flexibility index (Phi) is 8.31. The third kappa shape index (κ3) is 6.23. The Balaban J connectivity index is 1.36. The van der Waals surface area contributed by atoms with Crippen LogP contribution in [0.15, 0.2) is 96.1 Å². The van der Waals surface area contributed by atoms with Gasteiger partial charge in [-0.15, -0.1) is 0 Å². The van der Waals surface area contributed by atoms with E-state index in [-0.39, 0.29) is 5.75 Å². The summed E-state index contributed by atoms with van der Waals surface area (Å²) >= 11 is 5.90. The molecule has 0 saturated heterocycles. The number of amides is 1. The molecular formula is C32H26ClN3O5. The highest BCUT2D eigenvalue weighted by atomic mass is 35.5. The van der Waals surface area contributed by atoms with Gasteiger partial charge in [0.1, 0.15) is 11.4 Å². The summed E-state index contributed by atoms with van der Waals surface area (Å²) in [7, 11) is 1.60. The zero-order chi connectivity index (χ0) is 28.8. The van der Waals surface area contributed by atoms with Gasteiger partial charge in [-0.25, -0.2) is 10.2 Å². The van der Waals surface area contributed by atoms with E-state index in [9.17, 15) is 9.59 Å². The number of carbonyl (C=O) groups excluding carboxylic acids is 2. The molecule has 206 valence electrons. The van der Waals surface area contributed by atoms with Crippen molar-refractivity contribution in [3.8, 4) is 28.4 Å². The summed E-state index contributed by atoms with van der Waals surface area (Å²) in [4.78, 5) is 29.1. The van der Waals surface area contributed by atoms with E-state index in [4.69, 9.17) is 25.8 Å². The number of nitrogens with zero attached hydrogens (tertiary/aromatic N) is 1. The predicted molar refractivity (Wildman–Crippen MR) is 159 cm³/mol. The second-order valence-electron chi connectivity index (χ2n) is 8.89. The maximum Gasteiger partial charge on any atom is 0.343 e. The molecule has 41 heavy (non-hydrogen) atoms. The summed E-state index contributed by atoms with van der Waals surface area (Å²) in [5.74, 6) is 0.358. The third-order valence-electron chi connectivity index (χ3n) is 6.23. The van der Waals surface area contributed by atoms with Crippen molar-refractivity contribution in [3.05, 3.63) is 113 Å². The zero-order valence-corrected chi connectivity index (χ0v) is 23.1. The maximum atomic E-state index is 13.3. The molecule has 0 atom stereocenters. The number of rotatable bonds is 9. The number of hydrogen-bond donors (Lipinski definition) is 2. The van der Waals surface area contributed by atoms with Crippen molar-refractivity contribution in [2.24, 2.45) is 5.10 Å². The topological polar surface area (TPSA) is 102 Å². The second kappa shape index (κ2) is 12.4. The van der Waals surface area contributed by atoms with Gasteiger partial charge >= 0.3 is 5.97 Å². The molecule has 0 bridgehead atoms. The Morgan fingerprint density at radius 3 is 2.46 bits per heavy atom. The van der Waals surface area contributed by atoms with Crippen molar-refractivity contribution in [1.29, 1.82) is 0 Å². The van der Waals surface area contributed by atoms with Gasteiger partial charge in [0.25, 0.3) is 5.91 Å². The summed E-state index contributed by atoms with van der Waals surface area (Å²) in [6.07, 6.45) is 1.49. The number of esters is 1. The van der Waals surface area contributed by atoms with E-state index < -0.39 is 11.9 Å². The van der Waals surface area contributed by atoms with Crippen LogP contribution in [0.1, 0.15) is 33.3 Å². The number of hydrogen-bond acceptors (Lipinski definition) is 6. The van der Waals surface area contributed by atoms with Crippen molar-refractivity contribution >= 4 is 40.6 Å². The minimum Gasteiger partial charge on any atom is -0.497 e. The lowest BCUT2D eigenvalue weighted by Gasteiger charge is -2.11. The summed E-state index contributed by atoms with van der Waals surface area (Å²) < 4.78 is 16.6. The summed E-state index contributed by atoms with van der Waals surface area (Å²) in [5, 5.41) is 5.54. The van der Waals surface area contributed by atoms with Crippen molar-refractivity contribution in [3.63, 3.8) is 0 Å². The van der Waals surface area contributed by atoms with Gasteiger partial charge < -0.3 is 19.2 Å². The lowest BCUT2D eigenvalue weighted by Crippen LogP contribution is -2.18. The van der Waals surface area contributed by atoms with Crippen LogP contribution in [0.2, 0.25) is 5.02 Å². The number of aromatic amines is 1. The molecule has 0 unspecified atom stereocenters. The standard InChI is InChI=1S/C32H26ClN3O5/c1-3-40-28-17-20(9-16-27(28)41-32(38)22-10-12-23(33)13-11-22)19-34-36-31(37)30-29(21-7-5-4-6-8-21)25-18-24(39-2)14-15-26(25)35-30/h4-19,35H,3H2,1-2H3,(H,36,37). The molecule has 5 rings (SSSR count). The molecule has 5 aromatic rings. The van der Waals surface area contributed by atoms with E-state index in [0.29, 0.717) is 39.9 Å². The smallest absolute Gasteiger partial charge is 0.343 e. The lowest BCUT2D eigenvalue weighted by atomic mass is 10.0. The number of aromatic nitrogens is 1. The fourth-order valence-electron chi connectivity index (χ4n) is 4.30. The summed E-state index contributed by atoms with van der Waals surface area (Å²) in [5.41, 5.74) is 6.38. The monoisotopic (exact) mass is 567 g/mol. The van der Waals surface area contributed by atoms with E-state index in [0.717, 1.165) is 22.0 Å². The number of fused-ring (bicyclic) bond motifs is 1. The molecule has 0 aliphatic carbocycles. The molecule has 0 spiro atoms. The normalized spacial score (nSPS) is 11.0. The van der Waals surface area contributed by atoms with Crippen LogP contribution in [0.3, 0.4) is 0 Å². The van der Waals surface area contributed by atoms with Crippen molar-refractivity contribution in [2.45, 2.75) is 6.92 Å². The van der Waals surface area contributed by atoms with E-state index >= 15 is 0 Å². The average molecular weight is 568 g/mol. The first kappa shape index (κ1) is 27.5. The molecule has 1 amide bonds. The number of benzene rings is 4. The van der Waals surface area contributed by atoms with Crippen LogP contribution >= 0.6 is 11.6 Å². The first-order chi connectivity index (χ1) is 20.0. The molecule has 9 heteroatoms. The molecule has 2 N–H and O–H groups in total. The summed E-state index contributed by atoms with van der Waals surface area (Å²) in [6, 6.07) is 26.6. The Bertz CT molecular complexity index is 1730. The van der Waals surface area contributed by atoms with Gasteiger partial charge in [-0.05, 0) is 78.7 Å². The quantitative estimate of drug-likeness (QED) is 0.0875. The van der Waals surface area contributed by atoms with Crippen molar-refractivity contribution in [1.82, 2.24) is 10.4 Å². The van der Waals surface area contributed by atoms with Crippen LogP contribution in [-0.4, -0.2) is 36.8 Å². The van der Waals surface area contributed by atoms with Crippen molar-refractivity contribution in [2.75, 3.05) is 13.7 Å². The van der Waals surface area contributed by atoms with Gasteiger partial charge in [-0.3, -0.25) is 4.79 Å². The number of methoxy groups -OCH3 is 1. The molecule has 0 fully saturated rings. The first-order valence-corrected chi connectivity index (χ1v) is 13.2. The van der Waals surface area contributed by atoms with Gasteiger partial charge in [-0.1, -0.05) is 41.9 Å². The molecule has 0 radical (unpaired) electrons. The molecule has 0 saturated carbocycles. The molecule has 1 aromatic heterocycles. The Labute approximate surface area is 241 Å². The number of halogens is 1. The van der Waals surface area contributed by atoms with Gasteiger partial charge in [-0.2, -0.15) is 5.10 Å². The van der Waals surface area contributed by atoms with Gasteiger partial charge in [0.2, 0.25) is 0 Å². The first-order valence-electron chi connectivity index (χ1n) is 12.8. The molecule has 1 heterocycles. The fourth-order valence-corrected chi connectivity index (χ4v) is 4.42.